The molecule has 4 nitrogen and oxygen atoms in total. The monoisotopic (exact) mass is 288 g/mol. The molecule has 0 heterocycles. The van der Waals surface area contributed by atoms with Crippen molar-refractivity contribution < 1.29 is 32.2 Å². The molecule has 0 spiro atoms. The van der Waals surface area contributed by atoms with Gasteiger partial charge in [0.05, 0.1) is 12.7 Å². The molecule has 0 saturated heterocycles. The molecule has 0 saturated carbocycles. The summed E-state index contributed by atoms with van der Waals surface area (Å²) in [6.07, 6.45) is -1.60. The van der Waals surface area contributed by atoms with E-state index in [2.05, 4.69) is 11.3 Å². The Labute approximate surface area is 112 Å². The third-order valence-electron chi connectivity index (χ3n) is 2.37. The van der Waals surface area contributed by atoms with Crippen molar-refractivity contribution in [1.29, 1.82) is 0 Å². The van der Waals surface area contributed by atoms with E-state index in [1.807, 2.05) is 0 Å². The van der Waals surface area contributed by atoms with Gasteiger partial charge in [0, 0.05) is 18.6 Å². The average molecular weight is 288 g/mol. The van der Waals surface area contributed by atoms with Crippen LogP contribution in [0.3, 0.4) is 0 Å². The van der Waals surface area contributed by atoms with Crippen molar-refractivity contribution in [3.05, 3.63) is 47.3 Å². The van der Waals surface area contributed by atoms with Crippen molar-refractivity contribution in [2.24, 2.45) is 0 Å². The van der Waals surface area contributed by atoms with E-state index in [9.17, 15) is 22.8 Å². The highest BCUT2D eigenvalue weighted by atomic mass is 19.2. The predicted octanol–water partition coefficient (Wildman–Crippen LogP) is 2.44. The second-order valence-corrected chi connectivity index (χ2v) is 3.79. The first-order valence-electron chi connectivity index (χ1n) is 5.36. The summed E-state index contributed by atoms with van der Waals surface area (Å²) >= 11 is 0. The maximum absolute atomic E-state index is 13.7. The molecule has 1 aromatic rings. The highest BCUT2D eigenvalue weighted by molar-refractivity contribution is 5.89. The van der Waals surface area contributed by atoms with E-state index >= 15 is 0 Å². The lowest BCUT2D eigenvalue weighted by atomic mass is 10.0. The van der Waals surface area contributed by atoms with E-state index in [-0.39, 0.29) is 6.07 Å². The number of ether oxygens (including phenoxy) is 2. The molecule has 0 bridgehead atoms. The van der Waals surface area contributed by atoms with E-state index in [0.29, 0.717) is 6.07 Å². The molecular weight excluding hydrogens is 277 g/mol. The van der Waals surface area contributed by atoms with Crippen LogP contribution in [0.5, 0.6) is 0 Å². The Bertz CT molecular complexity index is 569. The Morgan fingerprint density at radius 1 is 1.15 bits per heavy atom. The molecule has 1 aromatic carbocycles. The fraction of sp³-hybridized carbons (Fsp3) is 0.231. The highest BCUT2D eigenvalue weighted by Gasteiger charge is 2.28. The first kappa shape index (κ1) is 15.7. The third-order valence-corrected chi connectivity index (χ3v) is 2.37. The van der Waals surface area contributed by atoms with Crippen LogP contribution in [0.25, 0.3) is 0 Å². The SMILES string of the molecule is C=C(C(=O)OC)C(OC(C)=O)c1cc(F)c(F)cc1F. The quantitative estimate of drug-likeness (QED) is 0.485. The van der Waals surface area contributed by atoms with Crippen LogP contribution in [0, 0.1) is 17.5 Å². The van der Waals surface area contributed by atoms with E-state index in [1.165, 1.54) is 0 Å². The van der Waals surface area contributed by atoms with Crippen LogP contribution in [0.2, 0.25) is 0 Å². The van der Waals surface area contributed by atoms with Crippen LogP contribution in [-0.4, -0.2) is 19.0 Å². The molecule has 0 aliphatic heterocycles. The summed E-state index contributed by atoms with van der Waals surface area (Å²) in [4.78, 5) is 22.4. The number of hydrogen-bond acceptors (Lipinski definition) is 4. The Kier molecular flexibility index (Phi) is 4.90. The largest absolute Gasteiger partial charge is 0.466 e. The van der Waals surface area contributed by atoms with Gasteiger partial charge in [0.25, 0.3) is 0 Å². The molecule has 108 valence electrons. The Morgan fingerprint density at radius 3 is 2.20 bits per heavy atom. The van der Waals surface area contributed by atoms with Crippen LogP contribution in [0.15, 0.2) is 24.3 Å². The van der Waals surface area contributed by atoms with Gasteiger partial charge in [-0.05, 0) is 6.07 Å². The van der Waals surface area contributed by atoms with Crippen LogP contribution in [0.4, 0.5) is 13.2 Å². The third kappa shape index (κ3) is 3.37. The summed E-state index contributed by atoms with van der Waals surface area (Å²) in [5.41, 5.74) is -0.956. The standard InChI is InChI=1S/C13H11F3O4/c1-6(13(18)19-3)12(20-7(2)17)8-4-10(15)11(16)5-9(8)14/h4-5,12H,1H2,2-3H3. The second-order valence-electron chi connectivity index (χ2n) is 3.79. The van der Waals surface area contributed by atoms with E-state index < -0.39 is 46.6 Å². The zero-order valence-corrected chi connectivity index (χ0v) is 10.7. The molecule has 0 aliphatic rings. The Hall–Kier alpha value is -2.31. The van der Waals surface area contributed by atoms with Crippen LogP contribution in [-0.2, 0) is 19.1 Å². The molecule has 20 heavy (non-hydrogen) atoms. The van der Waals surface area contributed by atoms with E-state index in [4.69, 9.17) is 4.74 Å². The first-order chi connectivity index (χ1) is 9.27. The molecular formula is C13H11F3O4. The van der Waals surface area contributed by atoms with Gasteiger partial charge in [-0.1, -0.05) is 6.58 Å². The maximum Gasteiger partial charge on any atom is 0.337 e. The lowest BCUT2D eigenvalue weighted by Crippen LogP contribution is -2.19. The summed E-state index contributed by atoms with van der Waals surface area (Å²) in [6.45, 7) is 4.32. The van der Waals surface area contributed by atoms with Gasteiger partial charge in [-0.15, -0.1) is 0 Å². The molecule has 7 heteroatoms. The van der Waals surface area contributed by atoms with Gasteiger partial charge >= 0.3 is 11.9 Å². The Balaban J connectivity index is 3.31. The summed E-state index contributed by atoms with van der Waals surface area (Å²) in [6, 6.07) is 0.776. The van der Waals surface area contributed by atoms with Gasteiger partial charge in [0.15, 0.2) is 17.7 Å². The molecule has 0 N–H and O–H groups in total. The summed E-state index contributed by atoms with van der Waals surface area (Å²) in [5, 5.41) is 0. The molecule has 0 aromatic heterocycles. The number of methoxy groups -OCH3 is 1. The number of carbonyl (C=O) groups is 2. The smallest absolute Gasteiger partial charge is 0.337 e. The molecule has 0 radical (unpaired) electrons. The Morgan fingerprint density at radius 2 is 1.70 bits per heavy atom. The predicted molar refractivity (Wildman–Crippen MR) is 62.0 cm³/mol. The van der Waals surface area contributed by atoms with Gasteiger partial charge in [-0.2, -0.15) is 0 Å². The van der Waals surface area contributed by atoms with Crippen LogP contribution < -0.4 is 0 Å². The van der Waals surface area contributed by atoms with Gasteiger partial charge in [-0.3, -0.25) is 4.79 Å². The van der Waals surface area contributed by atoms with E-state index in [1.54, 1.807) is 0 Å². The summed E-state index contributed by atoms with van der Waals surface area (Å²) in [5.74, 6) is -5.77. The molecule has 0 amide bonds. The van der Waals surface area contributed by atoms with Crippen LogP contribution >= 0.6 is 0 Å². The van der Waals surface area contributed by atoms with Crippen molar-refractivity contribution in [3.8, 4) is 0 Å². The number of carbonyl (C=O) groups excluding carboxylic acids is 2. The summed E-state index contributed by atoms with van der Waals surface area (Å²) < 4.78 is 48.8. The highest BCUT2D eigenvalue weighted by Crippen LogP contribution is 2.29. The molecule has 1 unspecified atom stereocenters. The van der Waals surface area contributed by atoms with Gasteiger partial charge < -0.3 is 9.47 Å². The zero-order chi connectivity index (χ0) is 15.4. The number of benzene rings is 1. The number of esters is 2. The zero-order valence-electron chi connectivity index (χ0n) is 10.7. The van der Waals surface area contributed by atoms with Gasteiger partial charge in [-0.25, -0.2) is 18.0 Å². The average Bonchev–Trinajstić information content (AvgIpc) is 2.38. The fourth-order valence-electron chi connectivity index (χ4n) is 1.47. The lowest BCUT2D eigenvalue weighted by molar-refractivity contribution is -0.147. The number of halogens is 3. The van der Waals surface area contributed by atoms with Gasteiger partial charge in [0.2, 0.25) is 0 Å². The number of rotatable bonds is 4. The lowest BCUT2D eigenvalue weighted by Gasteiger charge is -2.19. The minimum Gasteiger partial charge on any atom is -0.466 e. The minimum atomic E-state index is -1.60. The second kappa shape index (κ2) is 6.23. The van der Waals surface area contributed by atoms with Crippen molar-refractivity contribution in [2.45, 2.75) is 13.0 Å². The molecule has 0 aliphatic carbocycles. The van der Waals surface area contributed by atoms with Crippen LogP contribution in [0.1, 0.15) is 18.6 Å². The normalized spacial score (nSPS) is 11.7. The maximum atomic E-state index is 13.7. The van der Waals surface area contributed by atoms with Crippen molar-refractivity contribution in [1.82, 2.24) is 0 Å². The van der Waals surface area contributed by atoms with Crippen molar-refractivity contribution >= 4 is 11.9 Å². The first-order valence-corrected chi connectivity index (χ1v) is 5.36. The molecule has 1 rings (SSSR count). The number of hydrogen-bond donors (Lipinski definition) is 0. The van der Waals surface area contributed by atoms with Gasteiger partial charge in [0.1, 0.15) is 5.82 Å². The van der Waals surface area contributed by atoms with Crippen molar-refractivity contribution in [2.75, 3.05) is 7.11 Å². The molecule has 1 atom stereocenters. The fourth-order valence-corrected chi connectivity index (χ4v) is 1.47. The molecule has 0 fully saturated rings. The van der Waals surface area contributed by atoms with E-state index in [0.717, 1.165) is 14.0 Å². The van der Waals surface area contributed by atoms with Crippen molar-refractivity contribution in [3.63, 3.8) is 0 Å². The topological polar surface area (TPSA) is 52.6 Å². The minimum absolute atomic E-state index is 0.283. The summed E-state index contributed by atoms with van der Waals surface area (Å²) in [7, 11) is 1.04.